The quantitative estimate of drug-likeness (QED) is 0.317. The molecule has 1 aliphatic rings. The number of aliphatic hydroxyl groups is 1. The van der Waals surface area contributed by atoms with E-state index >= 15 is 0 Å². The number of piperidine rings is 1. The summed E-state index contributed by atoms with van der Waals surface area (Å²) in [6.45, 7) is 14.9. The highest BCUT2D eigenvalue weighted by molar-refractivity contribution is 5.94. The number of likely N-dealkylation sites (tertiary alicyclic amines) is 1. The topological polar surface area (TPSA) is 121 Å². The Morgan fingerprint density at radius 2 is 1.84 bits per heavy atom. The largest absolute Gasteiger partial charge is 0.465 e. The van der Waals surface area contributed by atoms with E-state index in [1.54, 1.807) is 30.2 Å². The number of ether oxygens (including phenoxy) is 1. The van der Waals surface area contributed by atoms with Crippen molar-refractivity contribution >= 4 is 12.0 Å². The van der Waals surface area contributed by atoms with E-state index in [1.165, 1.54) is 15.6 Å². The molecule has 0 bridgehead atoms. The van der Waals surface area contributed by atoms with Gasteiger partial charge in [0.25, 0.3) is 5.91 Å². The van der Waals surface area contributed by atoms with Gasteiger partial charge in [-0.05, 0) is 55.1 Å². The number of carboxylic acid groups (broad SMARTS) is 1. The maximum Gasteiger partial charge on any atom is 0.407 e. The average molecular weight is 604 g/mol. The fraction of sp³-hybridized carbons (Fsp3) is 0.688. The molecule has 1 aromatic carbocycles. The lowest BCUT2D eigenvalue weighted by atomic mass is 9.72. The molecule has 2 aromatic rings. The summed E-state index contributed by atoms with van der Waals surface area (Å²) in [6, 6.07) is 5.18. The Kier molecular flexibility index (Phi) is 11.7. The third kappa shape index (κ3) is 8.12. The number of hydrogen-bond acceptors (Lipinski definition) is 6. The van der Waals surface area contributed by atoms with Gasteiger partial charge >= 0.3 is 6.09 Å². The minimum atomic E-state index is -1.08. The molecule has 0 aliphatic carbocycles. The number of carbonyl (C=O) groups excluding carboxylic acids is 1. The zero-order chi connectivity index (χ0) is 32.1. The highest BCUT2D eigenvalue weighted by atomic mass is 19.1. The van der Waals surface area contributed by atoms with Gasteiger partial charge in [-0.2, -0.15) is 0 Å². The Balaban J connectivity index is 2.16. The first-order valence-corrected chi connectivity index (χ1v) is 15.4. The Labute approximate surface area is 255 Å². The zero-order valence-electron chi connectivity index (χ0n) is 27.0. The predicted molar refractivity (Wildman–Crippen MR) is 163 cm³/mol. The van der Waals surface area contributed by atoms with E-state index in [2.05, 4.69) is 10.3 Å². The number of methoxy groups -OCH3 is 1. The second-order valence-corrected chi connectivity index (χ2v) is 13.6. The molecule has 4 atom stereocenters. The zero-order valence-corrected chi connectivity index (χ0v) is 27.0. The van der Waals surface area contributed by atoms with E-state index in [-0.39, 0.29) is 41.6 Å². The molecule has 1 aliphatic heterocycles. The predicted octanol–water partition coefficient (Wildman–Crippen LogP) is 5.27. The Hall–Kier alpha value is -3.05. The van der Waals surface area contributed by atoms with Crippen molar-refractivity contribution in [2.45, 2.75) is 92.3 Å². The highest BCUT2D eigenvalue weighted by Gasteiger charge is 2.50. The Morgan fingerprint density at radius 1 is 1.16 bits per heavy atom. The maximum absolute atomic E-state index is 14.9. The van der Waals surface area contributed by atoms with Crippen molar-refractivity contribution in [1.82, 2.24) is 24.8 Å². The summed E-state index contributed by atoms with van der Waals surface area (Å²) in [6.07, 6.45) is 0.452. The van der Waals surface area contributed by atoms with E-state index in [4.69, 9.17) is 4.74 Å². The van der Waals surface area contributed by atoms with Gasteiger partial charge < -0.3 is 24.7 Å². The van der Waals surface area contributed by atoms with Crippen LogP contribution in [-0.2, 0) is 11.2 Å². The van der Waals surface area contributed by atoms with Crippen molar-refractivity contribution in [3.8, 4) is 5.69 Å². The lowest BCUT2D eigenvalue weighted by Crippen LogP contribution is -2.66. The number of unbranched alkanes of at least 4 members (excludes halogenated alkanes) is 1. The maximum atomic E-state index is 14.9. The SMILES string of the molecule is COCCCCc1c(C(=O)N(CC(C)C)[C@H]2C[C@@H](C(O)C(C)C)CN(C(=O)O)C2C(C)(C)C)nnn1-c1ccccc1F. The first-order chi connectivity index (χ1) is 20.2. The molecule has 43 heavy (non-hydrogen) atoms. The third-order valence-corrected chi connectivity index (χ3v) is 8.26. The van der Waals surface area contributed by atoms with Crippen LogP contribution < -0.4 is 0 Å². The van der Waals surface area contributed by atoms with E-state index < -0.39 is 35.5 Å². The van der Waals surface area contributed by atoms with Crippen LogP contribution in [-0.4, -0.2) is 92.0 Å². The van der Waals surface area contributed by atoms with Crippen LogP contribution in [0.5, 0.6) is 0 Å². The number of nitrogens with zero attached hydrogens (tertiary/aromatic N) is 5. The summed E-state index contributed by atoms with van der Waals surface area (Å²) in [5.74, 6) is -1.23. The molecule has 0 saturated carbocycles. The van der Waals surface area contributed by atoms with E-state index in [0.717, 1.165) is 6.42 Å². The molecule has 11 heteroatoms. The Bertz CT molecular complexity index is 1230. The van der Waals surface area contributed by atoms with Crippen LogP contribution in [0.2, 0.25) is 0 Å². The number of carbonyl (C=O) groups is 2. The number of halogens is 1. The summed E-state index contributed by atoms with van der Waals surface area (Å²) >= 11 is 0. The summed E-state index contributed by atoms with van der Waals surface area (Å²) in [5.41, 5.74) is 0.313. The van der Waals surface area contributed by atoms with Gasteiger partial charge in [0.1, 0.15) is 11.5 Å². The number of benzene rings is 1. The number of rotatable bonds is 12. The van der Waals surface area contributed by atoms with Crippen molar-refractivity contribution in [2.75, 3.05) is 26.8 Å². The van der Waals surface area contributed by atoms with Gasteiger partial charge in [-0.25, -0.2) is 13.9 Å². The number of aromatic nitrogens is 3. The van der Waals surface area contributed by atoms with E-state index in [1.807, 2.05) is 48.5 Å². The van der Waals surface area contributed by atoms with Crippen molar-refractivity contribution < 1.29 is 28.9 Å². The first kappa shape index (κ1) is 34.4. The Morgan fingerprint density at radius 3 is 2.40 bits per heavy atom. The van der Waals surface area contributed by atoms with Gasteiger partial charge in [-0.15, -0.1) is 5.10 Å². The molecular formula is C32H50FN5O5. The van der Waals surface area contributed by atoms with Crippen LogP contribution in [0, 0.1) is 29.0 Å². The van der Waals surface area contributed by atoms with Gasteiger partial charge in [-0.1, -0.05) is 65.8 Å². The molecule has 1 saturated heterocycles. The molecule has 2 amide bonds. The second-order valence-electron chi connectivity index (χ2n) is 13.6. The molecular weight excluding hydrogens is 553 g/mol. The lowest BCUT2D eigenvalue weighted by molar-refractivity contribution is -0.0572. The molecule has 0 spiro atoms. The van der Waals surface area contributed by atoms with Crippen molar-refractivity contribution in [2.24, 2.45) is 23.2 Å². The minimum Gasteiger partial charge on any atom is -0.465 e. The normalized spacial score (nSPS) is 20.1. The molecule has 240 valence electrons. The van der Waals surface area contributed by atoms with Crippen molar-refractivity contribution in [3.63, 3.8) is 0 Å². The van der Waals surface area contributed by atoms with Crippen LogP contribution in [0.3, 0.4) is 0 Å². The van der Waals surface area contributed by atoms with Gasteiger partial charge in [-0.3, -0.25) is 4.79 Å². The molecule has 10 nitrogen and oxygen atoms in total. The third-order valence-electron chi connectivity index (χ3n) is 8.26. The van der Waals surface area contributed by atoms with Crippen LogP contribution >= 0.6 is 0 Å². The molecule has 3 rings (SSSR count). The summed E-state index contributed by atoms with van der Waals surface area (Å²) in [4.78, 5) is 30.5. The van der Waals surface area contributed by atoms with Crippen LogP contribution in [0.1, 0.15) is 83.9 Å². The molecule has 0 radical (unpaired) electrons. The van der Waals surface area contributed by atoms with Gasteiger partial charge in [0, 0.05) is 32.7 Å². The second kappa shape index (κ2) is 14.6. The average Bonchev–Trinajstić information content (AvgIpc) is 3.35. The van der Waals surface area contributed by atoms with Crippen molar-refractivity contribution in [1.29, 1.82) is 0 Å². The van der Waals surface area contributed by atoms with E-state index in [0.29, 0.717) is 38.1 Å². The smallest absolute Gasteiger partial charge is 0.407 e. The minimum absolute atomic E-state index is 0.0602. The molecule has 2 N–H and O–H groups in total. The number of aliphatic hydroxyl groups excluding tert-OH is 1. The molecule has 2 unspecified atom stereocenters. The number of hydrogen-bond donors (Lipinski definition) is 2. The van der Waals surface area contributed by atoms with Gasteiger partial charge in [0.2, 0.25) is 0 Å². The fourth-order valence-corrected chi connectivity index (χ4v) is 6.36. The standard InChI is InChI=1S/C32H50FN5O5/c1-20(2)18-36(26-17-22(28(39)21(3)4)19-37(31(41)42)29(26)32(5,6)7)30(40)27-25(15-11-12-16-43-8)38(35-34-27)24-14-10-9-13-23(24)33/h9-10,13-14,20-22,26,28-29,39H,11-12,15-19H2,1-8H3,(H,41,42)/t22-,26+,28?,29?/m1/s1. The molecule has 1 aromatic heterocycles. The van der Waals surface area contributed by atoms with Crippen molar-refractivity contribution in [3.05, 3.63) is 41.5 Å². The summed E-state index contributed by atoms with van der Waals surface area (Å²) in [7, 11) is 1.63. The number of amides is 2. The summed E-state index contributed by atoms with van der Waals surface area (Å²) in [5, 5.41) is 30.1. The highest BCUT2D eigenvalue weighted by Crippen LogP contribution is 2.39. The van der Waals surface area contributed by atoms with Gasteiger partial charge in [0.05, 0.1) is 23.9 Å². The van der Waals surface area contributed by atoms with Gasteiger partial charge in [0.15, 0.2) is 5.69 Å². The van der Waals surface area contributed by atoms with E-state index in [9.17, 15) is 24.2 Å². The fourth-order valence-electron chi connectivity index (χ4n) is 6.36. The summed E-state index contributed by atoms with van der Waals surface area (Å²) < 4.78 is 21.5. The van der Waals surface area contributed by atoms with Crippen LogP contribution in [0.15, 0.2) is 24.3 Å². The monoisotopic (exact) mass is 603 g/mol. The number of para-hydroxylation sites is 1. The van der Waals surface area contributed by atoms with Crippen LogP contribution in [0.4, 0.5) is 9.18 Å². The first-order valence-electron chi connectivity index (χ1n) is 15.4. The molecule has 2 heterocycles. The van der Waals surface area contributed by atoms with Crippen LogP contribution in [0.25, 0.3) is 5.69 Å². The molecule has 1 fully saturated rings. The lowest BCUT2D eigenvalue weighted by Gasteiger charge is -2.53.